The van der Waals surface area contributed by atoms with Crippen LogP contribution in [0.5, 0.6) is 0 Å². The Morgan fingerprint density at radius 2 is 2.39 bits per heavy atom. The van der Waals surface area contributed by atoms with E-state index in [-0.39, 0.29) is 0 Å². The molecule has 0 heterocycles. The van der Waals surface area contributed by atoms with Crippen LogP contribution in [0.1, 0.15) is 23.6 Å². The molecule has 1 aromatic carbocycles. The van der Waals surface area contributed by atoms with Gasteiger partial charge in [0, 0.05) is 11.5 Å². The van der Waals surface area contributed by atoms with Gasteiger partial charge in [0.1, 0.15) is 6.04 Å². The number of carbonyl (C=O) groups is 1. The number of nitrogens with one attached hydrogen (secondary N) is 1. The third kappa shape index (κ3) is 4.45. The van der Waals surface area contributed by atoms with E-state index in [9.17, 15) is 9.90 Å². The van der Waals surface area contributed by atoms with Gasteiger partial charge in [0.25, 0.3) is 0 Å². The SMILES string of the molecule is Cc1cccc(C(NCCCN=[N+]=[N-])C(=O)O)c1. The van der Waals surface area contributed by atoms with Gasteiger partial charge in [-0.3, -0.25) is 4.79 Å². The van der Waals surface area contributed by atoms with Gasteiger partial charge in [0.2, 0.25) is 0 Å². The van der Waals surface area contributed by atoms with Crippen LogP contribution in [0.15, 0.2) is 29.4 Å². The number of hydrogen-bond acceptors (Lipinski definition) is 3. The second-order valence-corrected chi connectivity index (χ2v) is 3.95. The van der Waals surface area contributed by atoms with Crippen LogP contribution in [-0.4, -0.2) is 24.2 Å². The summed E-state index contributed by atoms with van der Waals surface area (Å²) in [6.07, 6.45) is 0.611. The minimum absolute atomic E-state index is 0.365. The Morgan fingerprint density at radius 3 is 3.00 bits per heavy atom. The van der Waals surface area contributed by atoms with E-state index in [4.69, 9.17) is 5.53 Å². The van der Waals surface area contributed by atoms with E-state index in [0.717, 1.165) is 11.1 Å². The summed E-state index contributed by atoms with van der Waals surface area (Å²) < 4.78 is 0. The molecule has 0 bridgehead atoms. The molecule has 2 N–H and O–H groups in total. The van der Waals surface area contributed by atoms with Crippen molar-refractivity contribution in [2.75, 3.05) is 13.1 Å². The lowest BCUT2D eigenvalue weighted by molar-refractivity contribution is -0.139. The van der Waals surface area contributed by atoms with Crippen molar-refractivity contribution < 1.29 is 9.90 Å². The molecule has 0 amide bonds. The summed E-state index contributed by atoms with van der Waals surface area (Å²) in [6.45, 7) is 2.78. The second-order valence-electron chi connectivity index (χ2n) is 3.95. The molecule has 0 saturated carbocycles. The number of carboxylic acids is 1. The van der Waals surface area contributed by atoms with Gasteiger partial charge in [-0.15, -0.1) is 0 Å². The van der Waals surface area contributed by atoms with Crippen molar-refractivity contribution in [3.05, 3.63) is 45.8 Å². The lowest BCUT2D eigenvalue weighted by Crippen LogP contribution is -2.29. The molecule has 0 fully saturated rings. The minimum atomic E-state index is -0.913. The number of azide groups is 1. The molecular weight excluding hydrogens is 232 g/mol. The van der Waals surface area contributed by atoms with Crippen LogP contribution in [0.4, 0.5) is 0 Å². The van der Waals surface area contributed by atoms with Crippen LogP contribution >= 0.6 is 0 Å². The molecule has 0 spiro atoms. The summed E-state index contributed by atoms with van der Waals surface area (Å²) in [6, 6.07) is 6.66. The van der Waals surface area contributed by atoms with Crippen molar-refractivity contribution in [1.29, 1.82) is 0 Å². The van der Waals surface area contributed by atoms with E-state index in [1.54, 1.807) is 6.07 Å². The van der Waals surface area contributed by atoms with Crippen molar-refractivity contribution in [3.8, 4) is 0 Å². The highest BCUT2D eigenvalue weighted by molar-refractivity contribution is 5.75. The Hall–Kier alpha value is -2.04. The Balaban J connectivity index is 2.60. The fraction of sp³-hybridized carbons (Fsp3) is 0.417. The number of aliphatic carboxylic acids is 1. The van der Waals surface area contributed by atoms with E-state index < -0.39 is 12.0 Å². The number of carboxylic acid groups (broad SMARTS) is 1. The molecule has 18 heavy (non-hydrogen) atoms. The van der Waals surface area contributed by atoms with Gasteiger partial charge in [-0.2, -0.15) is 0 Å². The molecule has 6 nitrogen and oxygen atoms in total. The van der Waals surface area contributed by atoms with Crippen LogP contribution in [0.3, 0.4) is 0 Å². The first-order valence-corrected chi connectivity index (χ1v) is 5.68. The Labute approximate surface area is 105 Å². The predicted octanol–water partition coefficient (Wildman–Crippen LogP) is 2.41. The minimum Gasteiger partial charge on any atom is -0.480 e. The number of nitrogens with zero attached hydrogens (tertiary/aromatic N) is 3. The fourth-order valence-corrected chi connectivity index (χ4v) is 1.64. The van der Waals surface area contributed by atoms with Crippen molar-refractivity contribution in [3.63, 3.8) is 0 Å². The lowest BCUT2D eigenvalue weighted by atomic mass is 10.0. The monoisotopic (exact) mass is 248 g/mol. The molecule has 1 aromatic rings. The average Bonchev–Trinajstić information content (AvgIpc) is 2.33. The summed E-state index contributed by atoms with van der Waals surface area (Å²) >= 11 is 0. The van der Waals surface area contributed by atoms with E-state index in [1.165, 1.54) is 0 Å². The smallest absolute Gasteiger partial charge is 0.325 e. The van der Waals surface area contributed by atoms with E-state index in [0.29, 0.717) is 19.5 Å². The zero-order chi connectivity index (χ0) is 13.4. The maximum atomic E-state index is 11.2. The van der Waals surface area contributed by atoms with Gasteiger partial charge in [0.05, 0.1) is 0 Å². The van der Waals surface area contributed by atoms with Gasteiger partial charge < -0.3 is 10.4 Å². The van der Waals surface area contributed by atoms with Crippen molar-refractivity contribution in [2.24, 2.45) is 5.11 Å². The van der Waals surface area contributed by atoms with Crippen LogP contribution in [0, 0.1) is 6.92 Å². The summed E-state index contributed by atoms with van der Waals surface area (Å²) in [7, 11) is 0. The predicted molar refractivity (Wildman–Crippen MR) is 68.2 cm³/mol. The Morgan fingerprint density at radius 1 is 1.61 bits per heavy atom. The lowest BCUT2D eigenvalue weighted by Gasteiger charge is -2.15. The maximum absolute atomic E-state index is 11.2. The summed E-state index contributed by atoms with van der Waals surface area (Å²) in [4.78, 5) is 13.8. The highest BCUT2D eigenvalue weighted by Crippen LogP contribution is 2.14. The molecule has 96 valence electrons. The largest absolute Gasteiger partial charge is 0.480 e. The topological polar surface area (TPSA) is 98.1 Å². The van der Waals surface area contributed by atoms with Crippen molar-refractivity contribution in [1.82, 2.24) is 5.32 Å². The van der Waals surface area contributed by atoms with Gasteiger partial charge in [-0.25, -0.2) is 0 Å². The van der Waals surface area contributed by atoms with Gasteiger partial charge in [-0.1, -0.05) is 34.9 Å². The zero-order valence-corrected chi connectivity index (χ0v) is 10.2. The van der Waals surface area contributed by atoms with Crippen LogP contribution in [-0.2, 0) is 4.79 Å². The highest BCUT2D eigenvalue weighted by Gasteiger charge is 2.18. The molecule has 0 aliphatic rings. The number of rotatable bonds is 7. The first kappa shape index (κ1) is 14.0. The van der Waals surface area contributed by atoms with Gasteiger partial charge >= 0.3 is 5.97 Å². The van der Waals surface area contributed by atoms with Crippen molar-refractivity contribution >= 4 is 5.97 Å². The third-order valence-corrected chi connectivity index (χ3v) is 2.47. The van der Waals surface area contributed by atoms with Crippen LogP contribution in [0.2, 0.25) is 0 Å². The third-order valence-electron chi connectivity index (χ3n) is 2.47. The summed E-state index contributed by atoms with van der Waals surface area (Å²) in [5.74, 6) is -0.913. The first-order chi connectivity index (χ1) is 8.65. The quantitative estimate of drug-likeness (QED) is 0.335. The average molecular weight is 248 g/mol. The van der Waals surface area contributed by atoms with Gasteiger partial charge in [0.15, 0.2) is 0 Å². The van der Waals surface area contributed by atoms with E-state index in [1.807, 2.05) is 25.1 Å². The highest BCUT2D eigenvalue weighted by atomic mass is 16.4. The molecular formula is C12H16N4O2. The first-order valence-electron chi connectivity index (χ1n) is 5.68. The van der Waals surface area contributed by atoms with Crippen LogP contribution in [0.25, 0.3) is 10.4 Å². The number of hydrogen-bond donors (Lipinski definition) is 2. The Bertz CT molecular complexity index is 455. The molecule has 0 aromatic heterocycles. The Kier molecular flexibility index (Phi) is 5.70. The van der Waals surface area contributed by atoms with Crippen LogP contribution < -0.4 is 5.32 Å². The molecule has 0 aliphatic heterocycles. The zero-order valence-electron chi connectivity index (χ0n) is 10.2. The van der Waals surface area contributed by atoms with E-state index in [2.05, 4.69) is 15.3 Å². The number of benzene rings is 1. The second kappa shape index (κ2) is 7.32. The molecule has 1 atom stereocenters. The summed E-state index contributed by atoms with van der Waals surface area (Å²) in [5, 5.41) is 15.5. The summed E-state index contributed by atoms with van der Waals surface area (Å²) in [5.41, 5.74) is 9.87. The molecule has 0 radical (unpaired) electrons. The van der Waals surface area contributed by atoms with Crippen molar-refractivity contribution in [2.45, 2.75) is 19.4 Å². The molecule has 1 unspecified atom stereocenters. The normalized spacial score (nSPS) is 11.6. The maximum Gasteiger partial charge on any atom is 0.325 e. The molecule has 1 rings (SSSR count). The van der Waals surface area contributed by atoms with Gasteiger partial charge in [-0.05, 0) is 31.0 Å². The fourth-order valence-electron chi connectivity index (χ4n) is 1.64. The molecule has 0 aliphatic carbocycles. The van der Waals surface area contributed by atoms with E-state index >= 15 is 0 Å². The number of aryl methyl sites for hydroxylation is 1. The standard InChI is InChI=1S/C12H16N4O2/c1-9-4-2-5-10(8-9)11(12(17)18)14-6-3-7-15-16-13/h2,4-5,8,11,14H,3,6-7H2,1H3,(H,17,18). The molecule has 0 saturated heterocycles. The molecule has 6 heteroatoms.